The van der Waals surface area contributed by atoms with E-state index in [0.29, 0.717) is 12.1 Å². The van der Waals surface area contributed by atoms with Gasteiger partial charge in [-0.25, -0.2) is 9.29 Å². The summed E-state index contributed by atoms with van der Waals surface area (Å²) < 4.78 is 13.2. The Bertz CT molecular complexity index is 628. The molecule has 3 rings (SSSR count). The molecule has 1 aromatic rings. The fraction of sp³-hybridized carbons (Fsp3) is 0.333. The number of nitrogens with zero attached hydrogens (tertiary/aromatic N) is 1. The lowest BCUT2D eigenvalue weighted by molar-refractivity contribution is -0.122. The summed E-state index contributed by atoms with van der Waals surface area (Å²) >= 11 is 5.73. The fourth-order valence-electron chi connectivity index (χ4n) is 3.03. The van der Waals surface area contributed by atoms with Crippen molar-refractivity contribution in [1.82, 2.24) is 0 Å². The van der Waals surface area contributed by atoms with Gasteiger partial charge in [0.05, 0.1) is 22.5 Å². The summed E-state index contributed by atoms with van der Waals surface area (Å²) in [4.78, 5) is 26.1. The Morgan fingerprint density at radius 2 is 2.05 bits per heavy atom. The lowest BCUT2D eigenvalue weighted by Gasteiger charge is -2.22. The zero-order valence-corrected chi connectivity index (χ0v) is 11.6. The third-order valence-electron chi connectivity index (χ3n) is 4.03. The van der Waals surface area contributed by atoms with Crippen LogP contribution in [-0.2, 0) is 9.59 Å². The van der Waals surface area contributed by atoms with Gasteiger partial charge in [0.2, 0.25) is 11.8 Å². The van der Waals surface area contributed by atoms with Gasteiger partial charge in [0.1, 0.15) is 5.82 Å². The first kappa shape index (κ1) is 13.3. The third kappa shape index (κ3) is 1.86. The van der Waals surface area contributed by atoms with E-state index in [2.05, 4.69) is 0 Å². The lowest BCUT2D eigenvalue weighted by atomic mass is 9.78. The molecular weight excluding hydrogens is 281 g/mol. The number of imide groups is 1. The molecule has 5 heteroatoms. The van der Waals surface area contributed by atoms with Gasteiger partial charge in [-0.15, -0.1) is 0 Å². The molecule has 1 saturated heterocycles. The number of benzene rings is 1. The van der Waals surface area contributed by atoms with Crippen LogP contribution in [-0.4, -0.2) is 11.8 Å². The minimum absolute atomic E-state index is 0.0334. The highest BCUT2D eigenvalue weighted by Crippen LogP contribution is 2.40. The average Bonchev–Trinajstić information content (AvgIpc) is 2.67. The lowest BCUT2D eigenvalue weighted by Crippen LogP contribution is -2.31. The molecule has 20 heavy (non-hydrogen) atoms. The summed E-state index contributed by atoms with van der Waals surface area (Å²) in [5, 5.41) is -0.0934. The SMILES string of the molecule is CC1C=CCC2C(=O)N(c3ccc(F)c(Cl)c3)C(=O)C12. The van der Waals surface area contributed by atoms with Crippen LogP contribution in [0.1, 0.15) is 13.3 Å². The summed E-state index contributed by atoms with van der Waals surface area (Å²) in [6.45, 7) is 1.93. The minimum Gasteiger partial charge on any atom is -0.274 e. The minimum atomic E-state index is -0.568. The Morgan fingerprint density at radius 1 is 1.30 bits per heavy atom. The molecule has 0 saturated carbocycles. The van der Waals surface area contributed by atoms with Crippen molar-refractivity contribution in [3.8, 4) is 0 Å². The molecule has 2 amide bonds. The van der Waals surface area contributed by atoms with Crippen molar-refractivity contribution in [2.24, 2.45) is 17.8 Å². The van der Waals surface area contributed by atoms with Crippen LogP contribution in [0.5, 0.6) is 0 Å². The number of halogens is 2. The third-order valence-corrected chi connectivity index (χ3v) is 4.32. The highest BCUT2D eigenvalue weighted by Gasteiger charge is 2.50. The molecule has 1 aliphatic carbocycles. The zero-order valence-electron chi connectivity index (χ0n) is 10.8. The van der Waals surface area contributed by atoms with Crippen molar-refractivity contribution in [3.63, 3.8) is 0 Å². The van der Waals surface area contributed by atoms with E-state index in [1.54, 1.807) is 0 Å². The molecule has 0 radical (unpaired) electrons. The molecule has 0 bridgehead atoms. The summed E-state index contributed by atoms with van der Waals surface area (Å²) in [5.74, 6) is -1.62. The Kier molecular flexibility index (Phi) is 3.13. The van der Waals surface area contributed by atoms with Crippen LogP contribution in [0.3, 0.4) is 0 Å². The number of amides is 2. The highest BCUT2D eigenvalue weighted by molar-refractivity contribution is 6.31. The zero-order chi connectivity index (χ0) is 14.4. The normalized spacial score (nSPS) is 28.9. The molecule has 1 heterocycles. The Labute approximate surface area is 121 Å². The van der Waals surface area contributed by atoms with Crippen LogP contribution in [0.4, 0.5) is 10.1 Å². The molecule has 104 valence electrons. The van der Waals surface area contributed by atoms with E-state index in [1.165, 1.54) is 18.2 Å². The predicted molar refractivity (Wildman–Crippen MR) is 73.8 cm³/mol. The number of rotatable bonds is 1. The smallest absolute Gasteiger partial charge is 0.238 e. The molecule has 1 aliphatic heterocycles. The molecule has 0 spiro atoms. The quantitative estimate of drug-likeness (QED) is 0.589. The van der Waals surface area contributed by atoms with Gasteiger partial charge in [-0.05, 0) is 30.5 Å². The number of anilines is 1. The van der Waals surface area contributed by atoms with Crippen molar-refractivity contribution in [2.75, 3.05) is 4.90 Å². The van der Waals surface area contributed by atoms with Crippen molar-refractivity contribution in [2.45, 2.75) is 13.3 Å². The van der Waals surface area contributed by atoms with Crippen molar-refractivity contribution in [3.05, 3.63) is 41.2 Å². The van der Waals surface area contributed by atoms with Crippen LogP contribution in [0.25, 0.3) is 0 Å². The van der Waals surface area contributed by atoms with Crippen LogP contribution in [0.2, 0.25) is 5.02 Å². The van der Waals surface area contributed by atoms with Crippen LogP contribution < -0.4 is 4.90 Å². The predicted octanol–water partition coefficient (Wildman–Crippen LogP) is 3.18. The summed E-state index contributed by atoms with van der Waals surface area (Å²) in [5.41, 5.74) is 0.341. The van der Waals surface area contributed by atoms with Gasteiger partial charge < -0.3 is 0 Å². The highest BCUT2D eigenvalue weighted by atomic mass is 35.5. The molecule has 2 aliphatic rings. The first-order valence-electron chi connectivity index (χ1n) is 6.50. The molecule has 0 N–H and O–H groups in total. The Hall–Kier alpha value is -1.68. The largest absolute Gasteiger partial charge is 0.274 e. The van der Waals surface area contributed by atoms with Crippen molar-refractivity contribution in [1.29, 1.82) is 0 Å². The van der Waals surface area contributed by atoms with Crippen molar-refractivity contribution < 1.29 is 14.0 Å². The maximum Gasteiger partial charge on any atom is 0.238 e. The Morgan fingerprint density at radius 3 is 2.70 bits per heavy atom. The summed E-state index contributed by atoms with van der Waals surface area (Å²) in [6, 6.07) is 3.90. The molecule has 1 fully saturated rings. The first-order chi connectivity index (χ1) is 9.50. The van der Waals surface area contributed by atoms with Gasteiger partial charge in [0.15, 0.2) is 0 Å². The van der Waals surface area contributed by atoms with E-state index in [0.717, 1.165) is 4.90 Å². The first-order valence-corrected chi connectivity index (χ1v) is 6.88. The molecule has 1 aromatic carbocycles. The topological polar surface area (TPSA) is 37.4 Å². The van der Waals surface area contributed by atoms with Crippen LogP contribution >= 0.6 is 11.6 Å². The second-order valence-corrected chi connectivity index (χ2v) is 5.67. The number of allylic oxidation sites excluding steroid dienone is 2. The monoisotopic (exact) mass is 293 g/mol. The van der Waals surface area contributed by atoms with E-state index in [1.807, 2.05) is 19.1 Å². The van der Waals surface area contributed by atoms with Gasteiger partial charge in [0.25, 0.3) is 0 Å². The van der Waals surface area contributed by atoms with Gasteiger partial charge >= 0.3 is 0 Å². The summed E-state index contributed by atoms with van der Waals surface area (Å²) in [6.07, 6.45) is 4.48. The number of hydrogen-bond donors (Lipinski definition) is 0. The van der Waals surface area contributed by atoms with Crippen LogP contribution in [0, 0.1) is 23.6 Å². The van der Waals surface area contributed by atoms with Crippen molar-refractivity contribution >= 4 is 29.1 Å². The molecule has 3 nitrogen and oxygen atoms in total. The van der Waals surface area contributed by atoms with E-state index in [4.69, 9.17) is 11.6 Å². The molecule has 3 atom stereocenters. The van der Waals surface area contributed by atoms with E-state index in [9.17, 15) is 14.0 Å². The summed E-state index contributed by atoms with van der Waals surface area (Å²) in [7, 11) is 0. The van der Waals surface area contributed by atoms with Gasteiger partial charge in [0, 0.05) is 0 Å². The maximum atomic E-state index is 13.2. The van der Waals surface area contributed by atoms with Gasteiger partial charge in [-0.3, -0.25) is 9.59 Å². The molecular formula is C15H13ClFNO2. The molecule has 3 unspecified atom stereocenters. The van der Waals surface area contributed by atoms with E-state index >= 15 is 0 Å². The fourth-order valence-corrected chi connectivity index (χ4v) is 3.20. The number of fused-ring (bicyclic) bond motifs is 1. The van der Waals surface area contributed by atoms with E-state index < -0.39 is 5.82 Å². The number of carbonyl (C=O) groups excluding carboxylic acids is 2. The second-order valence-electron chi connectivity index (χ2n) is 5.27. The standard InChI is InChI=1S/C15H13ClFNO2/c1-8-3-2-4-10-13(8)15(20)18(14(10)19)9-5-6-12(17)11(16)7-9/h2-3,5-8,10,13H,4H2,1H3. The number of carbonyl (C=O) groups is 2. The number of hydrogen-bond acceptors (Lipinski definition) is 2. The molecule has 0 aromatic heterocycles. The van der Waals surface area contributed by atoms with Crippen LogP contribution in [0.15, 0.2) is 30.4 Å². The Balaban J connectivity index is 2.01. The maximum absolute atomic E-state index is 13.2. The van der Waals surface area contributed by atoms with Gasteiger partial charge in [-0.2, -0.15) is 0 Å². The second kappa shape index (κ2) is 4.70. The van der Waals surface area contributed by atoms with Gasteiger partial charge in [-0.1, -0.05) is 30.7 Å². The average molecular weight is 294 g/mol. The van der Waals surface area contributed by atoms with E-state index in [-0.39, 0.29) is 34.6 Å².